The molecule has 0 spiro atoms. The monoisotopic (exact) mass is 259 g/mol. The molecule has 0 fully saturated rings. The van der Waals surface area contributed by atoms with Crippen molar-refractivity contribution < 1.29 is 18.4 Å². The Morgan fingerprint density at radius 1 is 1.32 bits per heavy atom. The molecule has 2 aromatic rings. The summed E-state index contributed by atoms with van der Waals surface area (Å²) in [6.45, 7) is 0. The number of furan rings is 1. The van der Waals surface area contributed by atoms with Crippen LogP contribution in [0.1, 0.15) is 28.1 Å². The van der Waals surface area contributed by atoms with E-state index in [0.29, 0.717) is 18.5 Å². The summed E-state index contributed by atoms with van der Waals surface area (Å²) >= 11 is 0. The summed E-state index contributed by atoms with van der Waals surface area (Å²) in [5.74, 6) is -1.21. The molecule has 3 rings (SSSR count). The van der Waals surface area contributed by atoms with E-state index in [2.05, 4.69) is 5.32 Å². The molecule has 1 amide bonds. The zero-order valence-electron chi connectivity index (χ0n) is 9.90. The topological polar surface area (TPSA) is 59.3 Å². The Labute approximate surface area is 108 Å². The maximum atomic E-state index is 13.9. The lowest BCUT2D eigenvalue weighted by molar-refractivity contribution is -0.116. The molecule has 1 aromatic heterocycles. The van der Waals surface area contributed by atoms with Crippen molar-refractivity contribution in [1.82, 2.24) is 0 Å². The number of carbonyl (C=O) groups excluding carboxylic acids is 2. The molecular weight excluding hydrogens is 249 g/mol. The second-order valence-corrected chi connectivity index (χ2v) is 4.34. The van der Waals surface area contributed by atoms with Gasteiger partial charge in [0.05, 0.1) is 11.8 Å². The molecule has 0 saturated carbocycles. The maximum Gasteiger partial charge on any atom is 0.231 e. The summed E-state index contributed by atoms with van der Waals surface area (Å²) < 4.78 is 18.9. The highest BCUT2D eigenvalue weighted by Crippen LogP contribution is 2.27. The van der Waals surface area contributed by atoms with Gasteiger partial charge in [-0.1, -0.05) is 0 Å². The van der Waals surface area contributed by atoms with E-state index >= 15 is 0 Å². The third-order valence-corrected chi connectivity index (χ3v) is 3.08. The minimum absolute atomic E-state index is 0.0372. The number of amides is 1. The van der Waals surface area contributed by atoms with Crippen LogP contribution in [0.4, 0.5) is 10.1 Å². The maximum absolute atomic E-state index is 13.9. The van der Waals surface area contributed by atoms with Gasteiger partial charge in [-0.2, -0.15) is 0 Å². The van der Waals surface area contributed by atoms with Crippen LogP contribution >= 0.6 is 0 Å². The van der Waals surface area contributed by atoms with Crippen LogP contribution in [-0.2, 0) is 11.2 Å². The molecule has 5 heteroatoms. The quantitative estimate of drug-likeness (QED) is 0.843. The molecule has 4 nitrogen and oxygen atoms in total. The molecule has 96 valence electrons. The first-order valence-corrected chi connectivity index (χ1v) is 5.85. The Hall–Kier alpha value is -2.43. The van der Waals surface area contributed by atoms with E-state index < -0.39 is 11.6 Å². The van der Waals surface area contributed by atoms with Crippen molar-refractivity contribution in [3.63, 3.8) is 0 Å². The summed E-state index contributed by atoms with van der Waals surface area (Å²) in [4.78, 5) is 23.3. The molecule has 1 aromatic carbocycles. The minimum Gasteiger partial charge on any atom is -0.461 e. The summed E-state index contributed by atoms with van der Waals surface area (Å²) in [5.41, 5.74) is 1.16. The summed E-state index contributed by atoms with van der Waals surface area (Å²) in [5, 5.41) is 2.59. The highest BCUT2D eigenvalue weighted by Gasteiger charge is 2.22. The molecule has 1 aliphatic rings. The molecule has 0 atom stereocenters. The molecule has 2 heterocycles. The van der Waals surface area contributed by atoms with Crippen LogP contribution in [0.5, 0.6) is 0 Å². The number of rotatable bonds is 2. The van der Waals surface area contributed by atoms with Crippen LogP contribution in [0.25, 0.3) is 0 Å². The average molecular weight is 259 g/mol. The Bertz CT molecular complexity index is 662. The number of aryl methyl sites for hydroxylation is 1. The lowest BCUT2D eigenvalue weighted by atomic mass is 9.97. The average Bonchev–Trinajstić information content (AvgIpc) is 2.91. The first-order valence-electron chi connectivity index (χ1n) is 5.85. The first kappa shape index (κ1) is 11.6. The molecule has 0 bridgehead atoms. The van der Waals surface area contributed by atoms with Crippen molar-refractivity contribution in [2.75, 3.05) is 5.32 Å². The van der Waals surface area contributed by atoms with Gasteiger partial charge in [0.15, 0.2) is 5.76 Å². The van der Waals surface area contributed by atoms with E-state index in [1.54, 1.807) is 6.07 Å². The number of hydrogen-bond acceptors (Lipinski definition) is 3. The zero-order valence-corrected chi connectivity index (χ0v) is 9.90. The molecule has 0 unspecified atom stereocenters. The molecule has 0 aliphatic carbocycles. The van der Waals surface area contributed by atoms with E-state index in [9.17, 15) is 14.0 Å². The fourth-order valence-corrected chi connectivity index (χ4v) is 2.12. The predicted octanol–water partition coefficient (Wildman–Crippen LogP) is 2.53. The zero-order chi connectivity index (χ0) is 13.4. The van der Waals surface area contributed by atoms with E-state index in [4.69, 9.17) is 4.42 Å². The van der Waals surface area contributed by atoms with Gasteiger partial charge >= 0.3 is 0 Å². The molecule has 0 saturated heterocycles. The van der Waals surface area contributed by atoms with Crippen molar-refractivity contribution in [3.8, 4) is 0 Å². The van der Waals surface area contributed by atoms with Crippen LogP contribution in [0.3, 0.4) is 0 Å². The second kappa shape index (κ2) is 4.35. The number of ketones is 1. The highest BCUT2D eigenvalue weighted by atomic mass is 19.1. The standard InChI is InChI=1S/C14H10FNO3/c15-10-7-11-8(3-4-13(17)16-11)6-9(10)14(18)12-2-1-5-19-12/h1-2,5-7H,3-4H2,(H,16,17). The van der Waals surface area contributed by atoms with Gasteiger partial charge in [0, 0.05) is 12.1 Å². The van der Waals surface area contributed by atoms with Crippen LogP contribution < -0.4 is 5.32 Å². The van der Waals surface area contributed by atoms with E-state index in [1.165, 1.54) is 24.5 Å². The minimum atomic E-state index is -0.664. The van der Waals surface area contributed by atoms with Gasteiger partial charge in [0.25, 0.3) is 0 Å². The smallest absolute Gasteiger partial charge is 0.231 e. The Kier molecular flexibility index (Phi) is 2.67. The first-order chi connectivity index (χ1) is 9.15. The van der Waals surface area contributed by atoms with Gasteiger partial charge in [-0.25, -0.2) is 4.39 Å². The van der Waals surface area contributed by atoms with Crippen LogP contribution in [-0.4, -0.2) is 11.7 Å². The number of anilines is 1. The van der Waals surface area contributed by atoms with Crippen LogP contribution in [0.2, 0.25) is 0 Å². The lowest BCUT2D eigenvalue weighted by Gasteiger charge is -2.17. The van der Waals surface area contributed by atoms with Gasteiger partial charge in [-0.15, -0.1) is 0 Å². The van der Waals surface area contributed by atoms with Crippen molar-refractivity contribution in [1.29, 1.82) is 0 Å². The van der Waals surface area contributed by atoms with Crippen molar-refractivity contribution in [2.45, 2.75) is 12.8 Å². The summed E-state index contributed by atoms with van der Waals surface area (Å²) in [6, 6.07) is 5.73. The van der Waals surface area contributed by atoms with E-state index in [0.717, 1.165) is 5.56 Å². The normalized spacial score (nSPS) is 13.8. The lowest BCUT2D eigenvalue weighted by Crippen LogP contribution is -2.20. The van der Waals surface area contributed by atoms with Gasteiger partial charge in [0.2, 0.25) is 11.7 Å². The fourth-order valence-electron chi connectivity index (χ4n) is 2.12. The van der Waals surface area contributed by atoms with Gasteiger partial charge in [0.1, 0.15) is 5.82 Å². The number of nitrogens with one attached hydrogen (secondary N) is 1. The molecular formula is C14H10FNO3. The number of halogens is 1. The number of benzene rings is 1. The van der Waals surface area contributed by atoms with Crippen molar-refractivity contribution in [3.05, 3.63) is 53.2 Å². The van der Waals surface area contributed by atoms with Crippen LogP contribution in [0.15, 0.2) is 34.9 Å². The number of fused-ring (bicyclic) bond motifs is 1. The molecule has 19 heavy (non-hydrogen) atoms. The number of hydrogen-bond donors (Lipinski definition) is 1. The number of carbonyl (C=O) groups is 2. The SMILES string of the molecule is O=C1CCc2cc(C(=O)c3ccco3)c(F)cc2N1. The predicted molar refractivity (Wildman–Crippen MR) is 65.5 cm³/mol. The molecule has 1 N–H and O–H groups in total. The summed E-state index contributed by atoms with van der Waals surface area (Å²) in [6.07, 6.45) is 2.21. The van der Waals surface area contributed by atoms with E-state index in [1.807, 2.05) is 0 Å². The second-order valence-electron chi connectivity index (χ2n) is 4.34. The van der Waals surface area contributed by atoms with Crippen LogP contribution in [0, 0.1) is 5.82 Å². The summed E-state index contributed by atoms with van der Waals surface area (Å²) in [7, 11) is 0. The van der Waals surface area contributed by atoms with Gasteiger partial charge < -0.3 is 9.73 Å². The Balaban J connectivity index is 2.04. The Morgan fingerprint density at radius 2 is 2.16 bits per heavy atom. The third-order valence-electron chi connectivity index (χ3n) is 3.08. The fraction of sp³-hybridized carbons (Fsp3) is 0.143. The van der Waals surface area contributed by atoms with Crippen molar-refractivity contribution in [2.24, 2.45) is 0 Å². The van der Waals surface area contributed by atoms with Gasteiger partial charge in [-0.05, 0) is 36.2 Å². The Morgan fingerprint density at radius 3 is 2.89 bits per heavy atom. The highest BCUT2D eigenvalue weighted by molar-refractivity contribution is 6.08. The molecule has 0 radical (unpaired) electrons. The van der Waals surface area contributed by atoms with E-state index in [-0.39, 0.29) is 17.2 Å². The van der Waals surface area contributed by atoms with Gasteiger partial charge in [-0.3, -0.25) is 9.59 Å². The third kappa shape index (κ3) is 2.03. The largest absolute Gasteiger partial charge is 0.461 e. The molecule has 1 aliphatic heterocycles. The van der Waals surface area contributed by atoms with Crippen molar-refractivity contribution >= 4 is 17.4 Å².